The first-order chi connectivity index (χ1) is 16.1. The molecule has 2 atom stereocenters. The SMILES string of the molecule is O=C(O)C[C@@H](c1nc2ccncc2[nH]1)N1CCC(CCCc2ccc3c(n2)NCCC3)C1=O. The Balaban J connectivity index is 1.23. The minimum absolute atomic E-state index is 0.0138. The molecular weight excluding hydrogens is 420 g/mol. The average Bonchev–Trinajstić information content (AvgIpc) is 3.41. The molecule has 9 heteroatoms. The van der Waals surface area contributed by atoms with Crippen LogP contribution in [0.4, 0.5) is 5.82 Å². The number of aromatic amines is 1. The zero-order valence-electron chi connectivity index (χ0n) is 18.5. The molecule has 9 nitrogen and oxygen atoms in total. The number of hydrogen-bond acceptors (Lipinski definition) is 6. The lowest BCUT2D eigenvalue weighted by molar-refractivity contribution is -0.140. The normalized spacial score (nSPS) is 18.8. The van der Waals surface area contributed by atoms with Crippen molar-refractivity contribution in [3.8, 4) is 0 Å². The lowest BCUT2D eigenvalue weighted by atomic mass is 9.99. The summed E-state index contributed by atoms with van der Waals surface area (Å²) in [6.45, 7) is 1.51. The summed E-state index contributed by atoms with van der Waals surface area (Å²) >= 11 is 0. The first kappa shape index (κ1) is 21.4. The Labute approximate surface area is 191 Å². The van der Waals surface area contributed by atoms with Gasteiger partial charge in [-0.05, 0) is 56.2 Å². The van der Waals surface area contributed by atoms with Gasteiger partial charge in [-0.25, -0.2) is 9.97 Å². The Hall–Kier alpha value is -3.49. The van der Waals surface area contributed by atoms with Gasteiger partial charge < -0.3 is 20.3 Å². The third-order valence-corrected chi connectivity index (χ3v) is 6.65. The highest BCUT2D eigenvalue weighted by molar-refractivity contribution is 5.82. The fourth-order valence-corrected chi connectivity index (χ4v) is 4.93. The molecule has 2 aliphatic heterocycles. The minimum atomic E-state index is -0.957. The Morgan fingerprint density at radius 2 is 2.18 bits per heavy atom. The van der Waals surface area contributed by atoms with Crippen LogP contribution in [0.25, 0.3) is 11.0 Å². The molecule has 0 spiro atoms. The zero-order chi connectivity index (χ0) is 22.8. The Morgan fingerprint density at radius 1 is 1.27 bits per heavy atom. The molecule has 1 amide bonds. The van der Waals surface area contributed by atoms with Crippen LogP contribution in [0, 0.1) is 5.92 Å². The van der Waals surface area contributed by atoms with Crippen LogP contribution in [0.2, 0.25) is 0 Å². The summed E-state index contributed by atoms with van der Waals surface area (Å²) in [6.07, 6.45) is 8.53. The number of imidazole rings is 1. The number of rotatable bonds is 8. The highest BCUT2D eigenvalue weighted by Gasteiger charge is 2.38. The topological polar surface area (TPSA) is 124 Å². The molecular formula is C24H28N6O3. The smallest absolute Gasteiger partial charge is 0.305 e. The molecule has 3 aromatic heterocycles. The Morgan fingerprint density at radius 3 is 3.03 bits per heavy atom. The van der Waals surface area contributed by atoms with E-state index < -0.39 is 12.0 Å². The highest BCUT2D eigenvalue weighted by Crippen LogP contribution is 2.33. The molecule has 1 unspecified atom stereocenters. The number of amides is 1. The third-order valence-electron chi connectivity index (χ3n) is 6.65. The van der Waals surface area contributed by atoms with E-state index in [1.807, 2.05) is 0 Å². The van der Waals surface area contributed by atoms with Crippen molar-refractivity contribution in [3.05, 3.63) is 47.7 Å². The predicted octanol–water partition coefficient (Wildman–Crippen LogP) is 3.10. The molecule has 33 heavy (non-hydrogen) atoms. The lowest BCUT2D eigenvalue weighted by Crippen LogP contribution is -2.34. The number of H-pyrrole nitrogens is 1. The third kappa shape index (κ3) is 4.53. The maximum Gasteiger partial charge on any atom is 0.305 e. The second-order valence-corrected chi connectivity index (χ2v) is 8.88. The van der Waals surface area contributed by atoms with Crippen molar-refractivity contribution in [2.75, 3.05) is 18.4 Å². The van der Waals surface area contributed by atoms with Crippen molar-refractivity contribution in [3.63, 3.8) is 0 Å². The fraction of sp³-hybridized carbons (Fsp3) is 0.458. The molecule has 1 fully saturated rings. The Bertz CT molecular complexity index is 1140. The van der Waals surface area contributed by atoms with Gasteiger partial charge in [0.25, 0.3) is 0 Å². The summed E-state index contributed by atoms with van der Waals surface area (Å²) in [5, 5.41) is 12.8. The van der Waals surface area contributed by atoms with Gasteiger partial charge in [-0.3, -0.25) is 14.6 Å². The fourth-order valence-electron chi connectivity index (χ4n) is 4.93. The van der Waals surface area contributed by atoms with Gasteiger partial charge in [0.15, 0.2) is 0 Å². The van der Waals surface area contributed by atoms with E-state index in [0.717, 1.165) is 62.1 Å². The summed E-state index contributed by atoms with van der Waals surface area (Å²) in [5.74, 6) is 0.462. The van der Waals surface area contributed by atoms with Gasteiger partial charge in [0.2, 0.25) is 5.91 Å². The molecule has 5 heterocycles. The maximum atomic E-state index is 13.2. The lowest BCUT2D eigenvalue weighted by Gasteiger charge is -2.25. The number of carbonyl (C=O) groups is 2. The molecule has 1 saturated heterocycles. The van der Waals surface area contributed by atoms with Crippen LogP contribution in [-0.4, -0.2) is 54.9 Å². The van der Waals surface area contributed by atoms with Crippen molar-refractivity contribution < 1.29 is 14.7 Å². The van der Waals surface area contributed by atoms with Gasteiger partial charge in [0, 0.05) is 30.9 Å². The van der Waals surface area contributed by atoms with E-state index in [4.69, 9.17) is 4.98 Å². The number of nitrogens with one attached hydrogen (secondary N) is 2. The number of anilines is 1. The van der Waals surface area contributed by atoms with Crippen LogP contribution in [0.1, 0.15) is 55.2 Å². The van der Waals surface area contributed by atoms with E-state index in [-0.39, 0.29) is 18.2 Å². The van der Waals surface area contributed by atoms with E-state index >= 15 is 0 Å². The molecule has 2 aliphatic rings. The largest absolute Gasteiger partial charge is 0.481 e. The van der Waals surface area contributed by atoms with E-state index in [1.165, 1.54) is 5.56 Å². The number of likely N-dealkylation sites (tertiary alicyclic amines) is 1. The quantitative estimate of drug-likeness (QED) is 0.484. The summed E-state index contributed by atoms with van der Waals surface area (Å²) < 4.78 is 0. The van der Waals surface area contributed by atoms with Gasteiger partial charge >= 0.3 is 5.97 Å². The number of aromatic nitrogens is 4. The number of aliphatic carboxylic acids is 1. The van der Waals surface area contributed by atoms with E-state index in [0.29, 0.717) is 17.9 Å². The molecule has 3 N–H and O–H groups in total. The highest BCUT2D eigenvalue weighted by atomic mass is 16.4. The molecule has 0 bridgehead atoms. The molecule has 0 aromatic carbocycles. The Kier molecular flexibility index (Phi) is 5.93. The van der Waals surface area contributed by atoms with Crippen molar-refractivity contribution in [2.24, 2.45) is 5.92 Å². The van der Waals surface area contributed by atoms with Crippen molar-refractivity contribution in [1.82, 2.24) is 24.8 Å². The number of carboxylic acids is 1. The molecule has 172 valence electrons. The van der Waals surface area contributed by atoms with Gasteiger partial charge in [0.05, 0.1) is 23.7 Å². The van der Waals surface area contributed by atoms with E-state index in [1.54, 1.807) is 23.4 Å². The number of nitrogens with zero attached hydrogens (tertiary/aromatic N) is 4. The number of carbonyl (C=O) groups excluding carboxylic acids is 1. The van der Waals surface area contributed by atoms with Gasteiger partial charge in [-0.2, -0.15) is 0 Å². The first-order valence-electron chi connectivity index (χ1n) is 11.6. The molecule has 3 aromatic rings. The standard InChI is InChI=1S/C24H28N6O3/c31-21(32)13-20(23-28-18-8-11-25-14-19(18)29-23)30-12-9-16(24(30)33)3-1-5-17-7-6-15-4-2-10-26-22(15)27-17/h6-8,11,14,16,20H,1-5,9-10,12-13H2,(H,26,27)(H,28,29)(H,31,32)/t16?,20-/m0/s1. The van der Waals surface area contributed by atoms with E-state index in [2.05, 4.69) is 32.4 Å². The van der Waals surface area contributed by atoms with Crippen molar-refractivity contribution in [2.45, 2.75) is 51.0 Å². The summed E-state index contributed by atoms with van der Waals surface area (Å²) in [4.78, 5) is 43.0. The van der Waals surface area contributed by atoms with Gasteiger partial charge in [-0.15, -0.1) is 0 Å². The van der Waals surface area contributed by atoms with Crippen LogP contribution < -0.4 is 5.32 Å². The first-order valence-corrected chi connectivity index (χ1v) is 11.6. The van der Waals surface area contributed by atoms with Crippen molar-refractivity contribution >= 4 is 28.7 Å². The van der Waals surface area contributed by atoms with Crippen LogP contribution in [0.5, 0.6) is 0 Å². The summed E-state index contributed by atoms with van der Waals surface area (Å²) in [6, 6.07) is 5.41. The summed E-state index contributed by atoms with van der Waals surface area (Å²) in [5.41, 5.74) is 3.77. The second kappa shape index (κ2) is 9.17. The minimum Gasteiger partial charge on any atom is -0.481 e. The molecule has 0 radical (unpaired) electrons. The van der Waals surface area contributed by atoms with Crippen LogP contribution in [0.15, 0.2) is 30.6 Å². The average molecular weight is 449 g/mol. The van der Waals surface area contributed by atoms with Crippen LogP contribution >= 0.6 is 0 Å². The molecule has 0 saturated carbocycles. The number of pyridine rings is 2. The maximum absolute atomic E-state index is 13.2. The van der Waals surface area contributed by atoms with Gasteiger partial charge in [0.1, 0.15) is 17.7 Å². The van der Waals surface area contributed by atoms with E-state index in [9.17, 15) is 14.7 Å². The number of fused-ring (bicyclic) bond motifs is 2. The number of aryl methyl sites for hydroxylation is 2. The second-order valence-electron chi connectivity index (χ2n) is 8.88. The van der Waals surface area contributed by atoms with Crippen LogP contribution in [-0.2, 0) is 22.4 Å². The number of carboxylic acid groups (broad SMARTS) is 1. The van der Waals surface area contributed by atoms with Crippen LogP contribution in [0.3, 0.4) is 0 Å². The predicted molar refractivity (Wildman–Crippen MR) is 123 cm³/mol. The zero-order valence-corrected chi connectivity index (χ0v) is 18.5. The number of hydrogen-bond donors (Lipinski definition) is 3. The van der Waals surface area contributed by atoms with Gasteiger partial charge in [-0.1, -0.05) is 6.07 Å². The molecule has 0 aliphatic carbocycles. The van der Waals surface area contributed by atoms with Crippen molar-refractivity contribution in [1.29, 1.82) is 0 Å². The summed E-state index contributed by atoms with van der Waals surface area (Å²) in [7, 11) is 0. The monoisotopic (exact) mass is 448 g/mol. The molecule has 5 rings (SSSR count).